The molecule has 4 atom stereocenters. The van der Waals surface area contributed by atoms with E-state index in [0.717, 1.165) is 18.1 Å². The molecule has 0 aromatic heterocycles. The van der Waals surface area contributed by atoms with Gasteiger partial charge in [-0.25, -0.2) is 4.79 Å². The van der Waals surface area contributed by atoms with E-state index in [-0.39, 0.29) is 30.6 Å². The molecule has 1 fully saturated rings. The summed E-state index contributed by atoms with van der Waals surface area (Å²) in [6, 6.07) is 13.2. The van der Waals surface area contributed by atoms with Gasteiger partial charge < -0.3 is 26.4 Å². The third-order valence-electron chi connectivity index (χ3n) is 6.33. The van der Waals surface area contributed by atoms with Crippen LogP contribution in [-0.2, 0) is 10.9 Å². The average Bonchev–Trinajstić information content (AvgIpc) is 2.80. The van der Waals surface area contributed by atoms with Gasteiger partial charge in [0.05, 0.1) is 23.8 Å². The second-order valence-electron chi connectivity index (χ2n) is 9.80. The fraction of sp³-hybridized carbons (Fsp3) is 0.480. The molecule has 184 valence electrons. The van der Waals surface area contributed by atoms with E-state index in [1.165, 1.54) is 12.1 Å². The van der Waals surface area contributed by atoms with Crippen LogP contribution in [0.15, 0.2) is 48.5 Å². The van der Waals surface area contributed by atoms with Gasteiger partial charge in [-0.1, -0.05) is 30.3 Å². The Labute approximate surface area is 197 Å². The summed E-state index contributed by atoms with van der Waals surface area (Å²) >= 11 is 0. The van der Waals surface area contributed by atoms with Crippen molar-refractivity contribution in [2.75, 3.05) is 18.4 Å². The lowest BCUT2D eigenvalue weighted by molar-refractivity contribution is -0.138. The fourth-order valence-corrected chi connectivity index (χ4v) is 4.65. The van der Waals surface area contributed by atoms with Crippen LogP contribution in [0.2, 0.25) is 0 Å². The predicted octanol–water partition coefficient (Wildman–Crippen LogP) is 4.75. The summed E-state index contributed by atoms with van der Waals surface area (Å²) in [6.45, 7) is 4.19. The zero-order chi connectivity index (χ0) is 24.5. The van der Waals surface area contributed by atoms with E-state index in [2.05, 4.69) is 16.0 Å². The van der Waals surface area contributed by atoms with Crippen molar-refractivity contribution >= 4 is 11.7 Å². The molecule has 0 saturated carbocycles. The molecule has 0 spiro atoms. The molecule has 0 bridgehead atoms. The van der Waals surface area contributed by atoms with Gasteiger partial charge >= 0.3 is 12.2 Å². The van der Waals surface area contributed by atoms with Gasteiger partial charge in [0.25, 0.3) is 0 Å². The number of fused-ring (bicyclic) bond motifs is 3. The molecular formula is C25H31F3N4O2. The summed E-state index contributed by atoms with van der Waals surface area (Å²) in [7, 11) is 0. The number of hydrogen-bond donors (Lipinski definition) is 4. The van der Waals surface area contributed by atoms with Crippen molar-refractivity contribution in [1.29, 1.82) is 0 Å². The van der Waals surface area contributed by atoms with E-state index < -0.39 is 23.4 Å². The van der Waals surface area contributed by atoms with Crippen LogP contribution in [0.25, 0.3) is 0 Å². The van der Waals surface area contributed by atoms with Crippen LogP contribution in [0, 0.1) is 5.92 Å². The Morgan fingerprint density at radius 3 is 2.53 bits per heavy atom. The van der Waals surface area contributed by atoms with Gasteiger partial charge in [0.1, 0.15) is 0 Å². The van der Waals surface area contributed by atoms with Crippen molar-refractivity contribution in [2.45, 2.75) is 56.7 Å². The summed E-state index contributed by atoms with van der Waals surface area (Å²) in [4.78, 5) is 12.1. The maximum atomic E-state index is 13.4. The Kier molecular flexibility index (Phi) is 6.78. The minimum absolute atomic E-state index is 0.0403. The standard InChI is InChI=1S/C25H31F3N4O2/c1-24(2,29)14-31-23(33)30-13-17-9-10-18-21(15-6-4-3-5-7-15)32-20-11-8-16(25(26,27)28)12-19(20)22(18)34-17/h3-8,11-12,17-18,21-22,32H,9-10,13-14,29H2,1-2H3,(H2,30,31,33)/t17-,18+,21+,22+/m1/s1. The first-order chi connectivity index (χ1) is 16.0. The molecule has 0 aliphatic carbocycles. The van der Waals surface area contributed by atoms with Crippen LogP contribution < -0.4 is 21.7 Å². The average molecular weight is 477 g/mol. The highest BCUT2D eigenvalue weighted by molar-refractivity contribution is 5.73. The number of halogens is 3. The van der Waals surface area contributed by atoms with Crippen molar-refractivity contribution in [2.24, 2.45) is 11.7 Å². The van der Waals surface area contributed by atoms with Crippen LogP contribution in [-0.4, -0.2) is 30.8 Å². The third-order valence-corrected chi connectivity index (χ3v) is 6.33. The number of hydrogen-bond acceptors (Lipinski definition) is 4. The van der Waals surface area contributed by atoms with Gasteiger partial charge in [0.2, 0.25) is 0 Å². The molecule has 2 aliphatic rings. The van der Waals surface area contributed by atoms with Gasteiger partial charge in [0, 0.05) is 35.8 Å². The van der Waals surface area contributed by atoms with Gasteiger partial charge in [-0.05, 0) is 50.5 Å². The molecule has 2 amide bonds. The number of carbonyl (C=O) groups is 1. The second kappa shape index (κ2) is 9.46. The number of ether oxygens (including phenoxy) is 1. The second-order valence-corrected chi connectivity index (χ2v) is 9.80. The molecule has 9 heteroatoms. The van der Waals surface area contributed by atoms with Crippen molar-refractivity contribution in [3.8, 4) is 0 Å². The van der Waals surface area contributed by atoms with Crippen LogP contribution in [0.5, 0.6) is 0 Å². The van der Waals surface area contributed by atoms with E-state index in [0.29, 0.717) is 24.2 Å². The van der Waals surface area contributed by atoms with Crippen molar-refractivity contribution in [3.63, 3.8) is 0 Å². The van der Waals surface area contributed by atoms with Crippen LogP contribution >= 0.6 is 0 Å². The highest BCUT2D eigenvalue weighted by Gasteiger charge is 2.43. The Morgan fingerprint density at radius 2 is 1.85 bits per heavy atom. The zero-order valence-corrected chi connectivity index (χ0v) is 19.3. The van der Waals surface area contributed by atoms with E-state index in [4.69, 9.17) is 10.5 Å². The van der Waals surface area contributed by atoms with Crippen molar-refractivity contribution in [1.82, 2.24) is 10.6 Å². The quantitative estimate of drug-likeness (QED) is 0.502. The monoisotopic (exact) mass is 476 g/mol. The predicted molar refractivity (Wildman–Crippen MR) is 124 cm³/mol. The molecule has 2 aromatic rings. The van der Waals surface area contributed by atoms with Gasteiger partial charge in [-0.15, -0.1) is 0 Å². The number of nitrogens with one attached hydrogen (secondary N) is 3. The van der Waals surface area contributed by atoms with Gasteiger partial charge in [-0.2, -0.15) is 13.2 Å². The lowest BCUT2D eigenvalue weighted by Gasteiger charge is -2.46. The maximum Gasteiger partial charge on any atom is 0.416 e. The Hall–Kier alpha value is -2.78. The summed E-state index contributed by atoms with van der Waals surface area (Å²) in [6.07, 6.45) is -3.84. The van der Waals surface area contributed by atoms with E-state index in [1.807, 2.05) is 44.2 Å². The number of urea groups is 1. The maximum absolute atomic E-state index is 13.4. The Bertz CT molecular complexity index is 1010. The lowest BCUT2D eigenvalue weighted by Crippen LogP contribution is -2.50. The highest BCUT2D eigenvalue weighted by atomic mass is 19.4. The molecule has 2 heterocycles. The number of alkyl halides is 3. The molecule has 5 N–H and O–H groups in total. The highest BCUT2D eigenvalue weighted by Crippen LogP contribution is 2.51. The molecule has 6 nitrogen and oxygen atoms in total. The van der Waals surface area contributed by atoms with Crippen LogP contribution in [0.4, 0.5) is 23.7 Å². The minimum Gasteiger partial charge on any atom is -0.378 e. The smallest absolute Gasteiger partial charge is 0.378 e. The Morgan fingerprint density at radius 1 is 1.12 bits per heavy atom. The number of carbonyl (C=O) groups excluding carboxylic acids is 1. The van der Waals surface area contributed by atoms with Gasteiger partial charge in [-0.3, -0.25) is 0 Å². The molecular weight excluding hydrogens is 445 g/mol. The first-order valence-corrected chi connectivity index (χ1v) is 11.5. The van der Waals surface area contributed by atoms with Crippen LogP contribution in [0.3, 0.4) is 0 Å². The summed E-state index contributed by atoms with van der Waals surface area (Å²) in [5, 5.41) is 8.97. The van der Waals surface area contributed by atoms with Crippen molar-refractivity contribution in [3.05, 3.63) is 65.2 Å². The molecule has 0 radical (unpaired) electrons. The van der Waals surface area contributed by atoms with Crippen molar-refractivity contribution < 1.29 is 22.7 Å². The first kappa shape index (κ1) is 24.3. The molecule has 2 aliphatic heterocycles. The SMILES string of the molecule is CC(C)(N)CNC(=O)NC[C@H]1CC[C@@H]2[C@H](O1)c1cc(C(F)(F)F)ccc1N[C@H]2c1ccccc1. The summed E-state index contributed by atoms with van der Waals surface area (Å²) in [5.41, 5.74) is 6.87. The number of benzene rings is 2. The number of nitrogens with two attached hydrogens (primary N) is 1. The van der Waals surface area contributed by atoms with E-state index in [9.17, 15) is 18.0 Å². The summed E-state index contributed by atoms with van der Waals surface area (Å²) in [5.74, 6) is -0.0403. The number of rotatable bonds is 5. The topological polar surface area (TPSA) is 88.4 Å². The molecule has 4 rings (SSSR count). The lowest BCUT2D eigenvalue weighted by atomic mass is 9.76. The van der Waals surface area contributed by atoms with E-state index in [1.54, 1.807) is 0 Å². The first-order valence-electron chi connectivity index (χ1n) is 11.5. The molecule has 1 saturated heterocycles. The molecule has 2 aromatic carbocycles. The zero-order valence-electron chi connectivity index (χ0n) is 19.3. The normalized spacial score (nSPS) is 24.4. The number of amides is 2. The van der Waals surface area contributed by atoms with Crippen LogP contribution in [0.1, 0.15) is 55.5 Å². The largest absolute Gasteiger partial charge is 0.416 e. The van der Waals surface area contributed by atoms with Gasteiger partial charge in [0.15, 0.2) is 0 Å². The summed E-state index contributed by atoms with van der Waals surface area (Å²) < 4.78 is 46.7. The van der Waals surface area contributed by atoms with E-state index >= 15 is 0 Å². The number of anilines is 1. The Balaban J connectivity index is 1.54. The molecule has 0 unspecified atom stereocenters. The third kappa shape index (κ3) is 5.64. The molecule has 34 heavy (non-hydrogen) atoms. The fourth-order valence-electron chi connectivity index (χ4n) is 4.65. The minimum atomic E-state index is -4.44.